The fourth-order valence-electron chi connectivity index (χ4n) is 1.82. The number of aliphatic hydroxyl groups is 1. The van der Waals surface area contributed by atoms with E-state index in [9.17, 15) is 19.5 Å². The SMILES string of the molecule is CC1CC(=O)OC(C)CC=CC(=O)OC(C)C(O)C=CC(=O)O1. The number of cyclic esters (lactones) is 3. The number of rotatable bonds is 0. The summed E-state index contributed by atoms with van der Waals surface area (Å²) in [6, 6.07) is 0. The number of aliphatic hydroxyl groups excluding tert-OH is 1. The van der Waals surface area contributed by atoms with Gasteiger partial charge in [-0.05, 0) is 26.8 Å². The minimum Gasteiger partial charge on any atom is -0.462 e. The lowest BCUT2D eigenvalue weighted by molar-refractivity contribution is -0.154. The molecule has 0 spiro atoms. The summed E-state index contributed by atoms with van der Waals surface area (Å²) < 4.78 is 15.1. The first-order valence-electron chi connectivity index (χ1n) is 7.41. The minimum absolute atomic E-state index is 0.0748. The summed E-state index contributed by atoms with van der Waals surface area (Å²) >= 11 is 0. The van der Waals surface area contributed by atoms with Gasteiger partial charge in [0.15, 0.2) is 0 Å². The molecule has 0 aromatic heterocycles. The Morgan fingerprint density at radius 2 is 1.61 bits per heavy atom. The molecule has 7 nitrogen and oxygen atoms in total. The monoisotopic (exact) mass is 326 g/mol. The molecule has 0 bridgehead atoms. The molecule has 7 heteroatoms. The Labute approximate surface area is 134 Å². The molecular weight excluding hydrogens is 304 g/mol. The summed E-state index contributed by atoms with van der Waals surface area (Å²) in [4.78, 5) is 34.8. The van der Waals surface area contributed by atoms with E-state index in [0.717, 1.165) is 6.08 Å². The van der Waals surface area contributed by atoms with Crippen molar-refractivity contribution in [3.05, 3.63) is 24.3 Å². The standard InChI is InChI=1S/C16H22O7/c1-10-5-4-6-14(18)23-12(3)13(17)7-8-15(19)22-11(2)9-16(20)21-10/h4,6-8,10-13,17H,5,9H2,1-3H3. The van der Waals surface area contributed by atoms with Crippen molar-refractivity contribution in [2.24, 2.45) is 0 Å². The molecule has 1 aliphatic heterocycles. The zero-order chi connectivity index (χ0) is 17.4. The van der Waals surface area contributed by atoms with Crippen LogP contribution in [0.1, 0.15) is 33.6 Å². The molecule has 0 saturated carbocycles. The molecule has 0 amide bonds. The summed E-state index contributed by atoms with van der Waals surface area (Å²) in [5.74, 6) is -1.84. The molecule has 128 valence electrons. The summed E-state index contributed by atoms with van der Waals surface area (Å²) in [6.45, 7) is 4.76. The fraction of sp³-hybridized carbons (Fsp3) is 0.562. The molecule has 0 aromatic rings. The van der Waals surface area contributed by atoms with Crippen LogP contribution >= 0.6 is 0 Å². The lowest BCUT2D eigenvalue weighted by Gasteiger charge is -2.17. The Bertz CT molecular complexity index is 495. The lowest BCUT2D eigenvalue weighted by atomic mass is 10.2. The zero-order valence-corrected chi connectivity index (χ0v) is 13.4. The maximum atomic E-state index is 11.7. The number of carbonyl (C=O) groups excluding carboxylic acids is 3. The van der Waals surface area contributed by atoms with Crippen molar-refractivity contribution in [1.29, 1.82) is 0 Å². The first kappa shape index (κ1) is 18.9. The van der Waals surface area contributed by atoms with Gasteiger partial charge >= 0.3 is 17.9 Å². The van der Waals surface area contributed by atoms with Crippen molar-refractivity contribution in [3.8, 4) is 0 Å². The first-order chi connectivity index (χ1) is 10.8. The van der Waals surface area contributed by atoms with Crippen molar-refractivity contribution in [2.75, 3.05) is 0 Å². The van der Waals surface area contributed by atoms with Crippen LogP contribution in [0.5, 0.6) is 0 Å². The minimum atomic E-state index is -1.15. The summed E-state index contributed by atoms with van der Waals surface area (Å²) in [7, 11) is 0. The Hall–Kier alpha value is -2.15. The van der Waals surface area contributed by atoms with Gasteiger partial charge in [0.25, 0.3) is 0 Å². The van der Waals surface area contributed by atoms with E-state index in [2.05, 4.69) is 0 Å². The van der Waals surface area contributed by atoms with Crippen molar-refractivity contribution in [2.45, 2.75) is 58.0 Å². The molecular formula is C16H22O7. The predicted octanol–water partition coefficient (Wildman–Crippen LogP) is 1.05. The molecule has 1 N–H and O–H groups in total. The quantitative estimate of drug-likeness (QED) is 0.524. The van der Waals surface area contributed by atoms with Gasteiger partial charge in [0, 0.05) is 18.6 Å². The second-order valence-electron chi connectivity index (χ2n) is 5.38. The van der Waals surface area contributed by atoms with Crippen LogP contribution in [0, 0.1) is 0 Å². The van der Waals surface area contributed by atoms with Gasteiger partial charge < -0.3 is 19.3 Å². The van der Waals surface area contributed by atoms with Gasteiger partial charge in [-0.2, -0.15) is 0 Å². The van der Waals surface area contributed by atoms with Crippen LogP contribution in [0.4, 0.5) is 0 Å². The van der Waals surface area contributed by atoms with Crippen LogP contribution in [-0.2, 0) is 28.6 Å². The second kappa shape index (κ2) is 9.09. The molecule has 0 aliphatic carbocycles. The largest absolute Gasteiger partial charge is 0.462 e. The van der Waals surface area contributed by atoms with Crippen LogP contribution in [0.3, 0.4) is 0 Å². The van der Waals surface area contributed by atoms with Crippen LogP contribution in [0.25, 0.3) is 0 Å². The number of esters is 3. The third-order valence-electron chi connectivity index (χ3n) is 3.04. The molecule has 1 heterocycles. The van der Waals surface area contributed by atoms with E-state index in [1.165, 1.54) is 25.2 Å². The molecule has 1 aliphatic rings. The maximum absolute atomic E-state index is 11.7. The molecule has 4 atom stereocenters. The van der Waals surface area contributed by atoms with Gasteiger partial charge in [-0.15, -0.1) is 0 Å². The van der Waals surface area contributed by atoms with E-state index in [1.807, 2.05) is 0 Å². The number of carbonyl (C=O) groups is 3. The van der Waals surface area contributed by atoms with E-state index >= 15 is 0 Å². The van der Waals surface area contributed by atoms with Crippen LogP contribution < -0.4 is 0 Å². The van der Waals surface area contributed by atoms with Gasteiger partial charge in [0.1, 0.15) is 24.4 Å². The first-order valence-corrected chi connectivity index (χ1v) is 7.41. The van der Waals surface area contributed by atoms with Crippen molar-refractivity contribution >= 4 is 17.9 Å². The van der Waals surface area contributed by atoms with Gasteiger partial charge in [0.2, 0.25) is 0 Å². The highest BCUT2D eigenvalue weighted by Crippen LogP contribution is 2.08. The van der Waals surface area contributed by atoms with E-state index in [-0.39, 0.29) is 6.42 Å². The van der Waals surface area contributed by atoms with Gasteiger partial charge in [-0.3, -0.25) is 4.79 Å². The number of hydrogen-bond acceptors (Lipinski definition) is 7. The van der Waals surface area contributed by atoms with Crippen LogP contribution in [0.15, 0.2) is 24.3 Å². The predicted molar refractivity (Wildman–Crippen MR) is 80.2 cm³/mol. The van der Waals surface area contributed by atoms with Crippen molar-refractivity contribution in [3.63, 3.8) is 0 Å². The van der Waals surface area contributed by atoms with E-state index in [1.54, 1.807) is 13.8 Å². The number of hydrogen-bond donors (Lipinski definition) is 1. The highest BCUT2D eigenvalue weighted by molar-refractivity contribution is 5.83. The lowest BCUT2D eigenvalue weighted by Crippen LogP contribution is -2.27. The Balaban J connectivity index is 2.82. The second-order valence-corrected chi connectivity index (χ2v) is 5.38. The van der Waals surface area contributed by atoms with Gasteiger partial charge in [0.05, 0.1) is 6.42 Å². The van der Waals surface area contributed by atoms with Crippen molar-refractivity contribution in [1.82, 2.24) is 0 Å². The third kappa shape index (κ3) is 7.60. The molecule has 1 rings (SSSR count). The average Bonchev–Trinajstić information content (AvgIpc) is 2.42. The molecule has 0 saturated heterocycles. The Morgan fingerprint density at radius 1 is 0.957 bits per heavy atom. The van der Waals surface area contributed by atoms with E-state index < -0.39 is 42.3 Å². The van der Waals surface area contributed by atoms with Crippen LogP contribution in [-0.4, -0.2) is 47.4 Å². The highest BCUT2D eigenvalue weighted by Gasteiger charge is 2.18. The Kier molecular flexibility index (Phi) is 7.47. The summed E-state index contributed by atoms with van der Waals surface area (Å²) in [5, 5.41) is 9.80. The number of ether oxygens (including phenoxy) is 3. The molecule has 23 heavy (non-hydrogen) atoms. The normalized spacial score (nSPS) is 31.2. The van der Waals surface area contributed by atoms with E-state index in [4.69, 9.17) is 14.2 Å². The van der Waals surface area contributed by atoms with Gasteiger partial charge in [-0.25, -0.2) is 9.59 Å². The third-order valence-corrected chi connectivity index (χ3v) is 3.04. The maximum Gasteiger partial charge on any atom is 0.330 e. The topological polar surface area (TPSA) is 99.1 Å². The van der Waals surface area contributed by atoms with Crippen molar-refractivity contribution < 1.29 is 33.7 Å². The fourth-order valence-corrected chi connectivity index (χ4v) is 1.82. The molecule has 0 fully saturated rings. The molecule has 0 radical (unpaired) electrons. The molecule has 0 aromatic carbocycles. The van der Waals surface area contributed by atoms with Gasteiger partial charge in [-0.1, -0.05) is 6.08 Å². The smallest absolute Gasteiger partial charge is 0.330 e. The highest BCUT2D eigenvalue weighted by atomic mass is 16.6. The zero-order valence-electron chi connectivity index (χ0n) is 13.4. The Morgan fingerprint density at radius 3 is 2.30 bits per heavy atom. The average molecular weight is 326 g/mol. The van der Waals surface area contributed by atoms with E-state index in [0.29, 0.717) is 6.42 Å². The molecule has 4 unspecified atom stereocenters. The van der Waals surface area contributed by atoms with Crippen LogP contribution in [0.2, 0.25) is 0 Å². The summed E-state index contributed by atoms with van der Waals surface area (Å²) in [6.07, 6.45) is 2.16. The summed E-state index contributed by atoms with van der Waals surface area (Å²) in [5.41, 5.74) is 0.